The molecule has 0 N–H and O–H groups in total. The molecule has 4 heteroatoms. The molecular weight excluding hydrogens is 281 g/mol. The van der Waals surface area contributed by atoms with Crippen LogP contribution in [0.1, 0.15) is 15.9 Å². The summed E-state index contributed by atoms with van der Waals surface area (Å²) in [5.74, 6) is -0.0355. The number of benzene rings is 2. The van der Waals surface area contributed by atoms with Crippen LogP contribution in [0.2, 0.25) is 10.0 Å². The van der Waals surface area contributed by atoms with Crippen molar-refractivity contribution in [3.05, 3.63) is 69.7 Å². The molecule has 2 aromatic rings. The van der Waals surface area contributed by atoms with Gasteiger partial charge in [-0.2, -0.15) is 0 Å². The van der Waals surface area contributed by atoms with Gasteiger partial charge in [-0.3, -0.25) is 4.79 Å². The Kier molecular flexibility index (Phi) is 4.46. The molecule has 19 heavy (non-hydrogen) atoms. The van der Waals surface area contributed by atoms with E-state index in [1.807, 2.05) is 24.3 Å². The van der Waals surface area contributed by atoms with E-state index in [4.69, 9.17) is 23.2 Å². The second kappa shape index (κ2) is 6.09. The highest BCUT2D eigenvalue weighted by atomic mass is 35.5. The second-order valence-corrected chi connectivity index (χ2v) is 5.17. The first-order valence-electron chi connectivity index (χ1n) is 5.82. The summed E-state index contributed by atoms with van der Waals surface area (Å²) in [4.78, 5) is 13.8. The van der Waals surface area contributed by atoms with E-state index in [1.54, 1.807) is 36.2 Å². The van der Waals surface area contributed by atoms with Gasteiger partial charge in [0.25, 0.3) is 5.91 Å². The van der Waals surface area contributed by atoms with Crippen LogP contribution in [-0.2, 0) is 6.54 Å². The van der Waals surface area contributed by atoms with E-state index in [0.29, 0.717) is 22.2 Å². The first kappa shape index (κ1) is 13.9. The molecule has 0 fully saturated rings. The van der Waals surface area contributed by atoms with Crippen molar-refractivity contribution in [1.82, 2.24) is 4.90 Å². The summed E-state index contributed by atoms with van der Waals surface area (Å²) in [5.41, 5.74) is 1.66. The van der Waals surface area contributed by atoms with Crippen LogP contribution >= 0.6 is 23.2 Å². The Labute approximate surface area is 122 Å². The number of carbonyl (C=O) groups excluding carboxylic acids is 1. The van der Waals surface area contributed by atoms with Gasteiger partial charge in [0.2, 0.25) is 0 Å². The van der Waals surface area contributed by atoms with Gasteiger partial charge in [0.1, 0.15) is 0 Å². The Hall–Kier alpha value is -1.51. The van der Waals surface area contributed by atoms with Crippen LogP contribution < -0.4 is 0 Å². The van der Waals surface area contributed by atoms with E-state index < -0.39 is 0 Å². The number of amides is 1. The predicted octanol–water partition coefficient (Wildman–Crippen LogP) is 4.27. The number of nitrogens with zero attached hydrogens (tertiary/aromatic N) is 1. The summed E-state index contributed by atoms with van der Waals surface area (Å²) in [6.07, 6.45) is 0. The van der Waals surface area contributed by atoms with Crippen LogP contribution in [-0.4, -0.2) is 17.9 Å². The Bertz CT molecular complexity index is 564. The molecule has 98 valence electrons. The maximum atomic E-state index is 12.2. The number of hydrogen-bond acceptors (Lipinski definition) is 1. The first-order valence-corrected chi connectivity index (χ1v) is 6.57. The minimum atomic E-state index is -0.0355. The SMILES string of the molecule is CN(Cc1ccc(Cl)cc1)C(=O)c1ccc(Cl)cc1. The number of halogens is 2. The lowest BCUT2D eigenvalue weighted by atomic mass is 10.1. The third-order valence-corrected chi connectivity index (χ3v) is 3.27. The van der Waals surface area contributed by atoms with Gasteiger partial charge in [-0.1, -0.05) is 35.3 Å². The fraction of sp³-hybridized carbons (Fsp3) is 0.133. The van der Waals surface area contributed by atoms with Gasteiger partial charge in [0, 0.05) is 29.2 Å². The first-order chi connectivity index (χ1) is 9.06. The van der Waals surface area contributed by atoms with Crippen LogP contribution in [0.4, 0.5) is 0 Å². The van der Waals surface area contributed by atoms with E-state index in [1.165, 1.54) is 0 Å². The van der Waals surface area contributed by atoms with Crippen LogP contribution in [0.15, 0.2) is 48.5 Å². The molecule has 0 spiro atoms. The van der Waals surface area contributed by atoms with E-state index in [-0.39, 0.29) is 5.91 Å². The van der Waals surface area contributed by atoms with E-state index in [9.17, 15) is 4.79 Å². The van der Waals surface area contributed by atoms with E-state index >= 15 is 0 Å². The maximum Gasteiger partial charge on any atom is 0.253 e. The average molecular weight is 294 g/mol. The Morgan fingerprint density at radius 3 is 1.95 bits per heavy atom. The highest BCUT2D eigenvalue weighted by Gasteiger charge is 2.11. The van der Waals surface area contributed by atoms with Gasteiger partial charge < -0.3 is 4.90 Å². The van der Waals surface area contributed by atoms with Gasteiger partial charge in [-0.25, -0.2) is 0 Å². The zero-order chi connectivity index (χ0) is 13.8. The topological polar surface area (TPSA) is 20.3 Å². The second-order valence-electron chi connectivity index (χ2n) is 4.29. The normalized spacial score (nSPS) is 10.3. The van der Waals surface area contributed by atoms with Crippen molar-refractivity contribution >= 4 is 29.1 Å². The molecule has 0 aliphatic carbocycles. The Morgan fingerprint density at radius 2 is 1.42 bits per heavy atom. The largest absolute Gasteiger partial charge is 0.337 e. The van der Waals surface area contributed by atoms with Crippen molar-refractivity contribution in [1.29, 1.82) is 0 Å². The molecule has 0 saturated heterocycles. The lowest BCUT2D eigenvalue weighted by Gasteiger charge is -2.17. The summed E-state index contributed by atoms with van der Waals surface area (Å²) in [7, 11) is 1.77. The fourth-order valence-corrected chi connectivity index (χ4v) is 2.00. The molecule has 0 unspecified atom stereocenters. The average Bonchev–Trinajstić information content (AvgIpc) is 2.41. The van der Waals surface area contributed by atoms with E-state index in [0.717, 1.165) is 5.56 Å². The van der Waals surface area contributed by atoms with E-state index in [2.05, 4.69) is 0 Å². The van der Waals surface area contributed by atoms with Crippen molar-refractivity contribution < 1.29 is 4.79 Å². The molecule has 2 nitrogen and oxygen atoms in total. The Balaban J connectivity index is 2.07. The molecule has 2 aromatic carbocycles. The van der Waals surface area contributed by atoms with Crippen LogP contribution in [0.25, 0.3) is 0 Å². The quantitative estimate of drug-likeness (QED) is 0.828. The Morgan fingerprint density at radius 1 is 0.947 bits per heavy atom. The van der Waals surface area contributed by atoms with Crippen molar-refractivity contribution in [2.24, 2.45) is 0 Å². The zero-order valence-corrected chi connectivity index (χ0v) is 11.9. The number of rotatable bonds is 3. The van der Waals surface area contributed by atoms with Crippen molar-refractivity contribution in [3.63, 3.8) is 0 Å². The molecule has 1 amide bonds. The van der Waals surface area contributed by atoms with Crippen LogP contribution in [0.5, 0.6) is 0 Å². The molecule has 0 aliphatic rings. The lowest BCUT2D eigenvalue weighted by molar-refractivity contribution is 0.0785. The summed E-state index contributed by atoms with van der Waals surface area (Å²) >= 11 is 11.6. The monoisotopic (exact) mass is 293 g/mol. The minimum Gasteiger partial charge on any atom is -0.337 e. The standard InChI is InChI=1S/C15H13Cl2NO/c1-18(10-11-2-6-13(16)7-3-11)15(19)12-4-8-14(17)9-5-12/h2-9H,10H2,1H3. The lowest BCUT2D eigenvalue weighted by Crippen LogP contribution is -2.26. The van der Waals surface area contributed by atoms with Gasteiger partial charge >= 0.3 is 0 Å². The molecule has 0 aromatic heterocycles. The maximum absolute atomic E-state index is 12.2. The third kappa shape index (κ3) is 3.72. The summed E-state index contributed by atoms with van der Waals surface area (Å²) in [6.45, 7) is 0.540. The molecular formula is C15H13Cl2NO. The van der Waals surface area contributed by atoms with Gasteiger partial charge in [-0.15, -0.1) is 0 Å². The molecule has 0 saturated carbocycles. The van der Waals surface area contributed by atoms with Crippen LogP contribution in [0, 0.1) is 0 Å². The molecule has 0 radical (unpaired) electrons. The molecule has 0 heterocycles. The zero-order valence-electron chi connectivity index (χ0n) is 10.4. The number of hydrogen-bond donors (Lipinski definition) is 0. The predicted molar refractivity (Wildman–Crippen MR) is 78.7 cm³/mol. The third-order valence-electron chi connectivity index (χ3n) is 2.77. The number of carbonyl (C=O) groups is 1. The van der Waals surface area contributed by atoms with Gasteiger partial charge in [-0.05, 0) is 42.0 Å². The highest BCUT2D eigenvalue weighted by Crippen LogP contribution is 2.14. The summed E-state index contributed by atoms with van der Waals surface area (Å²) < 4.78 is 0. The summed E-state index contributed by atoms with van der Waals surface area (Å²) in [5, 5.41) is 1.31. The fourth-order valence-electron chi connectivity index (χ4n) is 1.75. The van der Waals surface area contributed by atoms with Crippen molar-refractivity contribution in [3.8, 4) is 0 Å². The minimum absolute atomic E-state index is 0.0355. The molecule has 0 aliphatic heterocycles. The van der Waals surface area contributed by atoms with Crippen molar-refractivity contribution in [2.75, 3.05) is 7.05 Å². The molecule has 0 atom stereocenters. The smallest absolute Gasteiger partial charge is 0.253 e. The van der Waals surface area contributed by atoms with Crippen molar-refractivity contribution in [2.45, 2.75) is 6.54 Å². The summed E-state index contributed by atoms with van der Waals surface area (Å²) in [6, 6.07) is 14.3. The molecule has 0 bridgehead atoms. The van der Waals surface area contributed by atoms with Gasteiger partial charge in [0.05, 0.1) is 0 Å². The highest BCUT2D eigenvalue weighted by molar-refractivity contribution is 6.30. The molecule has 2 rings (SSSR count). The van der Waals surface area contributed by atoms with Crippen LogP contribution in [0.3, 0.4) is 0 Å². The van der Waals surface area contributed by atoms with Gasteiger partial charge in [0.15, 0.2) is 0 Å².